The molecular weight excluding hydrogens is 364 g/mol. The molecule has 0 aliphatic carbocycles. The number of carbonyl (C=O) groups is 2. The Hall–Kier alpha value is -3.67. The van der Waals surface area contributed by atoms with Crippen LogP contribution in [0.15, 0.2) is 66.9 Å². The van der Waals surface area contributed by atoms with Gasteiger partial charge in [0, 0.05) is 43.8 Å². The van der Waals surface area contributed by atoms with Gasteiger partial charge in [0.15, 0.2) is 0 Å². The number of aryl methyl sites for hydroxylation is 1. The van der Waals surface area contributed by atoms with Gasteiger partial charge in [-0.2, -0.15) is 0 Å². The number of rotatable bonds is 6. The molecule has 0 spiro atoms. The van der Waals surface area contributed by atoms with Crippen molar-refractivity contribution in [2.45, 2.75) is 13.5 Å². The van der Waals surface area contributed by atoms with Gasteiger partial charge < -0.3 is 15.5 Å². The Morgan fingerprint density at radius 2 is 1.72 bits per heavy atom. The van der Waals surface area contributed by atoms with Crippen LogP contribution < -0.4 is 15.5 Å². The van der Waals surface area contributed by atoms with Crippen molar-refractivity contribution in [2.75, 3.05) is 24.3 Å². The minimum Gasteiger partial charge on any atom is -0.378 e. The van der Waals surface area contributed by atoms with Crippen molar-refractivity contribution in [1.82, 2.24) is 10.3 Å². The largest absolute Gasteiger partial charge is 0.378 e. The topological polar surface area (TPSA) is 74.3 Å². The van der Waals surface area contributed by atoms with Gasteiger partial charge in [0.2, 0.25) is 0 Å². The molecule has 6 heteroatoms. The molecule has 0 bridgehead atoms. The van der Waals surface area contributed by atoms with Crippen LogP contribution in [-0.4, -0.2) is 30.9 Å². The van der Waals surface area contributed by atoms with Crippen LogP contribution in [0.2, 0.25) is 0 Å². The van der Waals surface area contributed by atoms with E-state index in [9.17, 15) is 9.59 Å². The second-order valence-electron chi connectivity index (χ2n) is 7.00. The van der Waals surface area contributed by atoms with Gasteiger partial charge in [-0.25, -0.2) is 0 Å². The maximum absolute atomic E-state index is 12.5. The molecule has 1 heterocycles. The summed E-state index contributed by atoms with van der Waals surface area (Å²) in [5.74, 6) is -0.616. The monoisotopic (exact) mass is 388 g/mol. The lowest BCUT2D eigenvalue weighted by Gasteiger charge is -2.13. The summed E-state index contributed by atoms with van der Waals surface area (Å²) in [7, 11) is 3.91. The molecule has 0 aliphatic rings. The Morgan fingerprint density at radius 3 is 2.41 bits per heavy atom. The Bertz CT molecular complexity index is 1010. The minimum absolute atomic E-state index is 0.202. The van der Waals surface area contributed by atoms with Crippen molar-refractivity contribution in [2.24, 2.45) is 0 Å². The fraction of sp³-hybridized carbons (Fsp3) is 0.174. The summed E-state index contributed by atoms with van der Waals surface area (Å²) in [5.41, 5.74) is 4.44. The van der Waals surface area contributed by atoms with Gasteiger partial charge >= 0.3 is 0 Å². The highest BCUT2D eigenvalue weighted by Crippen LogP contribution is 2.16. The van der Waals surface area contributed by atoms with Crippen LogP contribution in [0.25, 0.3) is 0 Å². The van der Waals surface area contributed by atoms with Crippen LogP contribution in [0.4, 0.5) is 11.4 Å². The van der Waals surface area contributed by atoms with Gasteiger partial charge in [-0.3, -0.25) is 14.6 Å². The van der Waals surface area contributed by atoms with E-state index in [1.165, 1.54) is 12.3 Å². The molecular formula is C23H24N4O2. The van der Waals surface area contributed by atoms with Crippen LogP contribution in [0.3, 0.4) is 0 Å². The zero-order valence-electron chi connectivity index (χ0n) is 16.8. The fourth-order valence-electron chi connectivity index (χ4n) is 2.84. The quantitative estimate of drug-likeness (QED) is 0.676. The lowest BCUT2D eigenvalue weighted by molar-refractivity contribution is 0.0946. The second-order valence-corrected chi connectivity index (χ2v) is 7.00. The summed E-state index contributed by atoms with van der Waals surface area (Å²) >= 11 is 0. The first-order valence-electron chi connectivity index (χ1n) is 9.31. The standard InChI is InChI=1S/C23H24N4O2/c1-16-5-4-6-17(13-16)15-25-23(29)21-14-18(11-12-24-21)22(28)26-19-7-9-20(10-8-19)27(2)3/h4-14H,15H2,1-3H3,(H,25,29)(H,26,28). The highest BCUT2D eigenvalue weighted by atomic mass is 16.2. The van der Waals surface area contributed by atoms with Crippen molar-refractivity contribution in [1.29, 1.82) is 0 Å². The third-order valence-corrected chi connectivity index (χ3v) is 4.43. The third-order valence-electron chi connectivity index (χ3n) is 4.43. The Labute approximate surface area is 170 Å². The number of aromatic nitrogens is 1. The maximum atomic E-state index is 12.5. The number of pyridine rings is 1. The molecule has 3 aromatic rings. The van der Waals surface area contributed by atoms with Crippen LogP contribution in [0.5, 0.6) is 0 Å². The molecule has 0 unspecified atom stereocenters. The van der Waals surface area contributed by atoms with Crippen molar-refractivity contribution in [3.63, 3.8) is 0 Å². The molecule has 0 radical (unpaired) electrons. The minimum atomic E-state index is -0.323. The van der Waals surface area contributed by atoms with E-state index >= 15 is 0 Å². The molecule has 3 rings (SSSR count). The lowest BCUT2D eigenvalue weighted by atomic mass is 10.1. The summed E-state index contributed by atoms with van der Waals surface area (Å²) in [6, 6.07) is 18.5. The number of nitrogens with zero attached hydrogens (tertiary/aromatic N) is 2. The molecule has 0 aliphatic heterocycles. The number of benzene rings is 2. The normalized spacial score (nSPS) is 10.3. The summed E-state index contributed by atoms with van der Waals surface area (Å²) in [6.45, 7) is 2.40. The predicted octanol–water partition coefficient (Wildman–Crippen LogP) is 3.64. The molecule has 0 saturated heterocycles. The Morgan fingerprint density at radius 1 is 0.966 bits per heavy atom. The molecule has 0 saturated carbocycles. The Balaban J connectivity index is 1.64. The Kier molecular flexibility index (Phi) is 6.24. The molecule has 29 heavy (non-hydrogen) atoms. The van der Waals surface area contributed by atoms with Gasteiger partial charge in [-0.1, -0.05) is 29.8 Å². The van der Waals surface area contributed by atoms with Crippen molar-refractivity contribution in [3.8, 4) is 0 Å². The van der Waals surface area contributed by atoms with Crippen LogP contribution in [-0.2, 0) is 6.54 Å². The van der Waals surface area contributed by atoms with Gasteiger partial charge in [0.1, 0.15) is 5.69 Å². The average Bonchev–Trinajstić information content (AvgIpc) is 2.72. The molecule has 148 valence electrons. The van der Waals surface area contributed by atoms with Crippen molar-refractivity contribution >= 4 is 23.2 Å². The maximum Gasteiger partial charge on any atom is 0.270 e. The van der Waals surface area contributed by atoms with E-state index in [1.807, 2.05) is 74.4 Å². The summed E-state index contributed by atoms with van der Waals surface area (Å²) in [5, 5.41) is 5.67. The zero-order valence-corrected chi connectivity index (χ0v) is 16.8. The first kappa shape index (κ1) is 20.1. The van der Waals surface area contributed by atoms with Gasteiger partial charge in [-0.05, 0) is 48.9 Å². The molecule has 2 amide bonds. The molecule has 1 aromatic heterocycles. The summed E-state index contributed by atoms with van der Waals surface area (Å²) in [6.07, 6.45) is 1.46. The first-order chi connectivity index (χ1) is 13.9. The molecule has 0 atom stereocenters. The van der Waals surface area contributed by atoms with Crippen LogP contribution >= 0.6 is 0 Å². The van der Waals surface area contributed by atoms with Crippen molar-refractivity contribution < 1.29 is 9.59 Å². The van der Waals surface area contributed by atoms with Gasteiger partial charge in [0.25, 0.3) is 11.8 Å². The number of hydrogen-bond acceptors (Lipinski definition) is 4. The summed E-state index contributed by atoms with van der Waals surface area (Å²) < 4.78 is 0. The zero-order chi connectivity index (χ0) is 20.8. The highest BCUT2D eigenvalue weighted by Gasteiger charge is 2.12. The lowest BCUT2D eigenvalue weighted by Crippen LogP contribution is -2.24. The fourth-order valence-corrected chi connectivity index (χ4v) is 2.84. The van der Waals surface area contributed by atoms with Gasteiger partial charge in [0.05, 0.1) is 0 Å². The summed E-state index contributed by atoms with van der Waals surface area (Å²) in [4.78, 5) is 31.0. The van der Waals surface area contributed by atoms with Gasteiger partial charge in [-0.15, -0.1) is 0 Å². The van der Waals surface area contributed by atoms with E-state index < -0.39 is 0 Å². The van der Waals surface area contributed by atoms with Crippen molar-refractivity contribution in [3.05, 3.63) is 89.2 Å². The highest BCUT2D eigenvalue weighted by molar-refractivity contribution is 6.05. The van der Waals surface area contributed by atoms with Crippen LogP contribution in [0, 0.1) is 6.92 Å². The van der Waals surface area contributed by atoms with Crippen LogP contribution in [0.1, 0.15) is 32.0 Å². The van der Waals surface area contributed by atoms with E-state index in [0.717, 1.165) is 16.8 Å². The average molecular weight is 388 g/mol. The van der Waals surface area contributed by atoms with E-state index in [1.54, 1.807) is 6.07 Å². The molecule has 0 fully saturated rings. The second kappa shape index (κ2) is 9.01. The SMILES string of the molecule is Cc1cccc(CNC(=O)c2cc(C(=O)Nc3ccc(N(C)C)cc3)ccn2)c1. The number of amides is 2. The van der Waals surface area contributed by atoms with E-state index in [-0.39, 0.29) is 17.5 Å². The van der Waals surface area contributed by atoms with E-state index in [4.69, 9.17) is 0 Å². The predicted molar refractivity (Wildman–Crippen MR) is 115 cm³/mol. The number of carbonyl (C=O) groups excluding carboxylic acids is 2. The smallest absolute Gasteiger partial charge is 0.270 e. The van der Waals surface area contributed by atoms with E-state index in [2.05, 4.69) is 15.6 Å². The number of hydrogen-bond donors (Lipinski definition) is 2. The first-order valence-corrected chi connectivity index (χ1v) is 9.31. The number of anilines is 2. The third kappa shape index (κ3) is 5.42. The van der Waals surface area contributed by atoms with E-state index in [0.29, 0.717) is 17.8 Å². The number of nitrogens with one attached hydrogen (secondary N) is 2. The molecule has 6 nitrogen and oxygen atoms in total. The molecule has 2 aromatic carbocycles. The molecule has 2 N–H and O–H groups in total.